The molecule has 0 unspecified atom stereocenters. The number of hydrogen-bond donors (Lipinski definition) is 0. The fourth-order valence-corrected chi connectivity index (χ4v) is 5.05. The maximum absolute atomic E-state index is 13.3. The van der Waals surface area contributed by atoms with E-state index in [4.69, 9.17) is 4.74 Å². The minimum Gasteiger partial charge on any atom is -0.451 e. The second-order valence-corrected chi connectivity index (χ2v) is 8.69. The fourth-order valence-electron chi connectivity index (χ4n) is 3.97. The number of aryl methyl sites for hydroxylation is 2. The number of ether oxygens (including phenoxy) is 1. The summed E-state index contributed by atoms with van der Waals surface area (Å²) in [7, 11) is 0. The van der Waals surface area contributed by atoms with E-state index in [0.29, 0.717) is 17.1 Å². The lowest BCUT2D eigenvalue weighted by Crippen LogP contribution is -2.38. The zero-order valence-electron chi connectivity index (χ0n) is 17.4. The van der Waals surface area contributed by atoms with Crippen molar-refractivity contribution in [2.24, 2.45) is 0 Å². The smallest absolute Gasteiger partial charge is 0.348 e. The summed E-state index contributed by atoms with van der Waals surface area (Å²) in [6, 6.07) is 15.5. The van der Waals surface area contributed by atoms with Crippen LogP contribution in [0.1, 0.15) is 27.3 Å². The maximum atomic E-state index is 13.3. The largest absolute Gasteiger partial charge is 0.451 e. The van der Waals surface area contributed by atoms with Crippen LogP contribution in [0.5, 0.6) is 0 Å². The molecule has 0 fully saturated rings. The molecule has 4 aromatic rings. The van der Waals surface area contributed by atoms with Gasteiger partial charge in [0.15, 0.2) is 6.61 Å². The van der Waals surface area contributed by atoms with E-state index in [1.807, 2.05) is 31.2 Å². The van der Waals surface area contributed by atoms with Gasteiger partial charge in [0, 0.05) is 17.6 Å². The molecule has 6 nitrogen and oxygen atoms in total. The Balaban J connectivity index is 1.33. The second-order valence-electron chi connectivity index (χ2n) is 7.66. The highest BCUT2D eigenvalue weighted by atomic mass is 32.1. The molecule has 0 N–H and O–H groups in total. The Bertz CT molecular complexity index is 1330. The minimum absolute atomic E-state index is 0.236. The third-order valence-corrected chi connectivity index (χ3v) is 6.65. The number of benzene rings is 2. The molecule has 1 amide bonds. The highest BCUT2D eigenvalue weighted by Crippen LogP contribution is 2.31. The Morgan fingerprint density at radius 2 is 1.94 bits per heavy atom. The topological polar surface area (TPSA) is 64.4 Å². The van der Waals surface area contributed by atoms with Crippen LogP contribution in [0.4, 0.5) is 10.1 Å². The molecule has 0 atom stereocenters. The SMILES string of the molecule is Cc1nn(-c2ccc(F)cc2)c2sc(C(=O)OCC(=O)N3CCCc4ccccc43)cc12. The first-order valence-corrected chi connectivity index (χ1v) is 11.1. The first-order valence-electron chi connectivity index (χ1n) is 10.3. The summed E-state index contributed by atoms with van der Waals surface area (Å²) in [4.78, 5) is 28.3. The highest BCUT2D eigenvalue weighted by molar-refractivity contribution is 7.20. The number of fused-ring (bicyclic) bond motifs is 2. The van der Waals surface area contributed by atoms with Gasteiger partial charge in [0.25, 0.3) is 5.91 Å². The van der Waals surface area contributed by atoms with Gasteiger partial charge in [0.05, 0.1) is 11.4 Å². The summed E-state index contributed by atoms with van der Waals surface area (Å²) in [5.41, 5.74) is 3.46. The van der Waals surface area contributed by atoms with Crippen molar-refractivity contribution in [1.82, 2.24) is 9.78 Å². The Labute approximate surface area is 187 Å². The fraction of sp³-hybridized carbons (Fsp3) is 0.208. The van der Waals surface area contributed by atoms with Crippen molar-refractivity contribution in [3.05, 3.63) is 76.5 Å². The molecule has 32 heavy (non-hydrogen) atoms. The van der Waals surface area contributed by atoms with Crippen LogP contribution in [-0.4, -0.2) is 34.8 Å². The lowest BCUT2D eigenvalue weighted by atomic mass is 10.0. The van der Waals surface area contributed by atoms with Crippen molar-refractivity contribution < 1.29 is 18.7 Å². The summed E-state index contributed by atoms with van der Waals surface area (Å²) in [6.07, 6.45) is 1.82. The molecule has 5 rings (SSSR count). The van der Waals surface area contributed by atoms with Gasteiger partial charge in [-0.3, -0.25) is 4.79 Å². The molecule has 0 saturated heterocycles. The van der Waals surface area contributed by atoms with E-state index in [0.717, 1.165) is 40.0 Å². The molecule has 2 aromatic heterocycles. The monoisotopic (exact) mass is 449 g/mol. The van der Waals surface area contributed by atoms with Gasteiger partial charge >= 0.3 is 5.97 Å². The van der Waals surface area contributed by atoms with Gasteiger partial charge in [-0.2, -0.15) is 5.10 Å². The number of thiophene rings is 1. The number of aromatic nitrogens is 2. The number of amides is 1. The van der Waals surface area contributed by atoms with Gasteiger partial charge in [0.2, 0.25) is 0 Å². The molecule has 8 heteroatoms. The molecular formula is C24H20FN3O3S. The number of esters is 1. The van der Waals surface area contributed by atoms with E-state index >= 15 is 0 Å². The van der Waals surface area contributed by atoms with Crippen molar-refractivity contribution in [2.75, 3.05) is 18.1 Å². The van der Waals surface area contributed by atoms with Gasteiger partial charge in [-0.25, -0.2) is 13.9 Å². The number of carbonyl (C=O) groups excluding carboxylic acids is 2. The number of carbonyl (C=O) groups is 2. The first-order chi connectivity index (χ1) is 15.5. The first kappa shape index (κ1) is 20.4. The van der Waals surface area contributed by atoms with E-state index < -0.39 is 5.97 Å². The van der Waals surface area contributed by atoms with E-state index in [-0.39, 0.29) is 18.3 Å². The van der Waals surface area contributed by atoms with Crippen LogP contribution in [0.2, 0.25) is 0 Å². The molecule has 0 saturated carbocycles. The van der Waals surface area contributed by atoms with Crippen LogP contribution < -0.4 is 4.90 Å². The van der Waals surface area contributed by atoms with Crippen LogP contribution in [0, 0.1) is 12.7 Å². The quantitative estimate of drug-likeness (QED) is 0.425. The van der Waals surface area contributed by atoms with Crippen LogP contribution >= 0.6 is 11.3 Å². The summed E-state index contributed by atoms with van der Waals surface area (Å²) >= 11 is 1.23. The third kappa shape index (κ3) is 3.67. The van der Waals surface area contributed by atoms with Crippen LogP contribution in [0.3, 0.4) is 0 Å². The van der Waals surface area contributed by atoms with Gasteiger partial charge in [-0.1, -0.05) is 18.2 Å². The van der Waals surface area contributed by atoms with Gasteiger partial charge in [-0.05, 0) is 61.7 Å². The molecule has 0 spiro atoms. The number of para-hydroxylation sites is 1. The Morgan fingerprint density at radius 1 is 1.16 bits per heavy atom. The second kappa shape index (κ2) is 8.20. The predicted octanol–water partition coefficient (Wildman–Crippen LogP) is 4.67. The molecule has 1 aliphatic rings. The summed E-state index contributed by atoms with van der Waals surface area (Å²) in [5.74, 6) is -1.11. The molecule has 162 valence electrons. The van der Waals surface area contributed by atoms with Crippen LogP contribution in [0.15, 0.2) is 54.6 Å². The lowest BCUT2D eigenvalue weighted by molar-refractivity contribution is -0.121. The Kier molecular flexibility index (Phi) is 5.22. The summed E-state index contributed by atoms with van der Waals surface area (Å²) < 4.78 is 20.3. The average molecular weight is 450 g/mol. The predicted molar refractivity (Wildman–Crippen MR) is 121 cm³/mol. The van der Waals surface area contributed by atoms with E-state index in [1.54, 1.807) is 27.8 Å². The number of nitrogens with zero attached hydrogens (tertiary/aromatic N) is 3. The average Bonchev–Trinajstić information content (AvgIpc) is 3.38. The van der Waals surface area contributed by atoms with Crippen molar-refractivity contribution in [2.45, 2.75) is 19.8 Å². The number of hydrogen-bond acceptors (Lipinski definition) is 5. The molecule has 3 heterocycles. The third-order valence-electron chi connectivity index (χ3n) is 5.56. The van der Waals surface area contributed by atoms with Crippen molar-refractivity contribution in [1.29, 1.82) is 0 Å². The van der Waals surface area contributed by atoms with Gasteiger partial charge in [-0.15, -0.1) is 11.3 Å². The summed E-state index contributed by atoms with van der Waals surface area (Å²) in [5, 5.41) is 5.32. The maximum Gasteiger partial charge on any atom is 0.348 e. The normalized spacial score (nSPS) is 13.2. The zero-order valence-corrected chi connectivity index (χ0v) is 18.2. The van der Waals surface area contributed by atoms with E-state index in [1.165, 1.54) is 23.5 Å². The van der Waals surface area contributed by atoms with Crippen molar-refractivity contribution >= 4 is 39.1 Å². The van der Waals surface area contributed by atoms with Crippen molar-refractivity contribution in [3.63, 3.8) is 0 Å². The van der Waals surface area contributed by atoms with E-state index in [2.05, 4.69) is 5.10 Å². The summed E-state index contributed by atoms with van der Waals surface area (Å²) in [6.45, 7) is 2.15. The number of anilines is 1. The minimum atomic E-state index is -0.546. The van der Waals surface area contributed by atoms with Crippen LogP contribution in [0.25, 0.3) is 15.9 Å². The van der Waals surface area contributed by atoms with E-state index in [9.17, 15) is 14.0 Å². The molecule has 0 bridgehead atoms. The Morgan fingerprint density at radius 3 is 2.75 bits per heavy atom. The molecular weight excluding hydrogens is 429 g/mol. The van der Waals surface area contributed by atoms with Crippen molar-refractivity contribution in [3.8, 4) is 5.69 Å². The molecule has 1 aliphatic heterocycles. The Hall–Kier alpha value is -3.52. The standard InChI is InChI=1S/C24H20FN3O3S/c1-15-19-13-21(32-23(19)28(26-15)18-10-8-17(25)9-11-18)24(30)31-14-22(29)27-12-4-6-16-5-2-3-7-20(16)27/h2-3,5,7-11,13H,4,6,12,14H2,1H3. The van der Waals surface area contributed by atoms with Crippen LogP contribution in [-0.2, 0) is 16.0 Å². The van der Waals surface area contributed by atoms with Gasteiger partial charge < -0.3 is 9.64 Å². The molecule has 2 aromatic carbocycles. The van der Waals surface area contributed by atoms with Gasteiger partial charge in [0.1, 0.15) is 15.5 Å². The molecule has 0 radical (unpaired) electrons. The lowest BCUT2D eigenvalue weighted by Gasteiger charge is -2.29. The number of rotatable bonds is 4. The number of halogens is 1. The highest BCUT2D eigenvalue weighted by Gasteiger charge is 2.24. The molecule has 0 aliphatic carbocycles. The zero-order chi connectivity index (χ0) is 22.2.